The Morgan fingerprint density at radius 3 is 2.24 bits per heavy atom. The van der Waals surface area contributed by atoms with Crippen molar-refractivity contribution in [2.75, 3.05) is 7.11 Å². The first-order valence-corrected chi connectivity index (χ1v) is 11.1. The minimum Gasteiger partial charge on any atom is -0.497 e. The van der Waals surface area contributed by atoms with E-state index in [0.29, 0.717) is 48.8 Å². The van der Waals surface area contributed by atoms with Gasteiger partial charge in [0, 0.05) is 11.6 Å². The largest absolute Gasteiger partial charge is 0.497 e. The van der Waals surface area contributed by atoms with Gasteiger partial charge in [-0.15, -0.1) is 13.2 Å². The summed E-state index contributed by atoms with van der Waals surface area (Å²) < 4.78 is 48.1. The first kappa shape index (κ1) is 29.0. The standard InChI is InChI=1S/C27H31F3O2.C2H4/c1-17(6-8-18(2)20(4)25(28)16-19(3)32-5)7-9-22-12-15-24(27(30)26(22)29)21-10-13-23(31)14-11-21;1-2/h6,8,12,15-16,21,23,31H,1-4,7,9-11,13-14H2,5H3;1-2H2/b8-6-,25-16+;. The zero-order valence-electron chi connectivity index (χ0n) is 20.0. The van der Waals surface area contributed by atoms with Gasteiger partial charge >= 0.3 is 0 Å². The fraction of sp³-hybridized carbons (Fsp3) is 0.310. The molecule has 0 radical (unpaired) electrons. The van der Waals surface area contributed by atoms with Crippen molar-refractivity contribution in [1.29, 1.82) is 0 Å². The van der Waals surface area contributed by atoms with Crippen molar-refractivity contribution >= 4 is 0 Å². The fourth-order valence-corrected chi connectivity index (χ4v) is 3.64. The summed E-state index contributed by atoms with van der Waals surface area (Å²) in [5.74, 6) is -2.13. The molecule has 2 nitrogen and oxygen atoms in total. The second-order valence-corrected chi connectivity index (χ2v) is 8.11. The van der Waals surface area contributed by atoms with Crippen molar-refractivity contribution in [2.24, 2.45) is 0 Å². The van der Waals surface area contributed by atoms with Gasteiger partial charge in [0.2, 0.25) is 0 Å². The van der Waals surface area contributed by atoms with E-state index < -0.39 is 17.5 Å². The SMILES string of the molecule is C=C.C=C(/C=C\C(=C)C(=C)/C(F)=C\C(=C)OC)CCc1ccc(C2CCC(O)CC2)c(F)c1F. The summed E-state index contributed by atoms with van der Waals surface area (Å²) in [5, 5.41) is 9.62. The number of aryl methyl sites for hydroxylation is 1. The summed E-state index contributed by atoms with van der Waals surface area (Å²) >= 11 is 0. The zero-order chi connectivity index (χ0) is 25.8. The maximum absolute atomic E-state index is 14.7. The van der Waals surface area contributed by atoms with Gasteiger partial charge < -0.3 is 9.84 Å². The Kier molecular flexibility index (Phi) is 12.2. The topological polar surface area (TPSA) is 29.5 Å². The molecule has 5 heteroatoms. The molecule has 1 aliphatic rings. The Bertz CT molecular complexity index is 964. The summed E-state index contributed by atoms with van der Waals surface area (Å²) in [6.45, 7) is 20.9. The highest BCUT2D eigenvalue weighted by atomic mass is 19.2. The third-order valence-corrected chi connectivity index (χ3v) is 5.79. The molecule has 184 valence electrons. The average Bonchev–Trinajstić information content (AvgIpc) is 2.84. The minimum atomic E-state index is -0.825. The number of benzene rings is 1. The van der Waals surface area contributed by atoms with Crippen LogP contribution in [0.5, 0.6) is 0 Å². The lowest BCUT2D eigenvalue weighted by atomic mass is 9.82. The van der Waals surface area contributed by atoms with E-state index in [1.165, 1.54) is 7.11 Å². The van der Waals surface area contributed by atoms with Gasteiger partial charge in [-0.25, -0.2) is 13.2 Å². The Morgan fingerprint density at radius 1 is 1.03 bits per heavy atom. The van der Waals surface area contributed by atoms with E-state index in [-0.39, 0.29) is 35.3 Å². The first-order chi connectivity index (χ1) is 16.1. The van der Waals surface area contributed by atoms with Crippen LogP contribution in [-0.4, -0.2) is 18.3 Å². The van der Waals surface area contributed by atoms with Crippen molar-refractivity contribution in [3.05, 3.63) is 121 Å². The molecule has 2 rings (SSSR count). The number of hydrogen-bond donors (Lipinski definition) is 1. The van der Waals surface area contributed by atoms with E-state index in [2.05, 4.69) is 39.5 Å². The van der Waals surface area contributed by atoms with E-state index >= 15 is 0 Å². The third-order valence-electron chi connectivity index (χ3n) is 5.79. The van der Waals surface area contributed by atoms with E-state index in [9.17, 15) is 18.3 Å². The van der Waals surface area contributed by atoms with Gasteiger partial charge in [-0.3, -0.25) is 0 Å². The Balaban J connectivity index is 0.00000281. The van der Waals surface area contributed by atoms with E-state index in [4.69, 9.17) is 4.74 Å². The van der Waals surface area contributed by atoms with Crippen LogP contribution in [0.1, 0.15) is 49.1 Å². The highest BCUT2D eigenvalue weighted by Crippen LogP contribution is 2.35. The summed E-state index contributed by atoms with van der Waals surface area (Å²) in [6, 6.07) is 3.28. The molecule has 1 saturated carbocycles. The maximum Gasteiger partial charge on any atom is 0.162 e. The van der Waals surface area contributed by atoms with Crippen LogP contribution in [0.25, 0.3) is 0 Å². The quantitative estimate of drug-likeness (QED) is 0.213. The second kappa shape index (κ2) is 14.3. The number of ether oxygens (including phenoxy) is 1. The molecule has 1 aliphatic carbocycles. The van der Waals surface area contributed by atoms with Gasteiger partial charge in [0.05, 0.1) is 13.2 Å². The monoisotopic (exact) mass is 472 g/mol. The lowest BCUT2D eigenvalue weighted by Gasteiger charge is -2.26. The molecule has 0 saturated heterocycles. The molecule has 0 aliphatic heterocycles. The van der Waals surface area contributed by atoms with E-state index in [0.717, 1.165) is 6.08 Å². The third kappa shape index (κ3) is 8.38. The molecule has 0 amide bonds. The van der Waals surface area contributed by atoms with Gasteiger partial charge in [-0.2, -0.15) is 0 Å². The molecule has 0 spiro atoms. The van der Waals surface area contributed by atoms with Crippen LogP contribution in [0.4, 0.5) is 13.2 Å². The lowest BCUT2D eigenvalue weighted by molar-refractivity contribution is 0.122. The van der Waals surface area contributed by atoms with Crippen molar-refractivity contribution in [3.8, 4) is 0 Å². The summed E-state index contributed by atoms with van der Waals surface area (Å²) in [7, 11) is 1.39. The highest BCUT2D eigenvalue weighted by molar-refractivity contribution is 5.48. The normalized spacial score (nSPS) is 18.1. The molecule has 0 heterocycles. The van der Waals surface area contributed by atoms with Gasteiger partial charge in [0.15, 0.2) is 11.6 Å². The highest BCUT2D eigenvalue weighted by Gasteiger charge is 2.25. The maximum atomic E-state index is 14.7. The van der Waals surface area contributed by atoms with Crippen molar-refractivity contribution < 1.29 is 23.0 Å². The molecular weight excluding hydrogens is 437 g/mol. The fourth-order valence-electron chi connectivity index (χ4n) is 3.64. The summed E-state index contributed by atoms with van der Waals surface area (Å²) in [4.78, 5) is 0. The van der Waals surface area contributed by atoms with Crippen LogP contribution in [-0.2, 0) is 11.2 Å². The van der Waals surface area contributed by atoms with E-state index in [1.54, 1.807) is 24.3 Å². The average molecular weight is 473 g/mol. The molecule has 34 heavy (non-hydrogen) atoms. The van der Waals surface area contributed by atoms with Gasteiger partial charge in [0.25, 0.3) is 0 Å². The van der Waals surface area contributed by atoms with Crippen molar-refractivity contribution in [1.82, 2.24) is 0 Å². The smallest absolute Gasteiger partial charge is 0.162 e. The van der Waals surface area contributed by atoms with Crippen LogP contribution in [0.15, 0.2) is 98.1 Å². The Labute approximate surface area is 201 Å². The Hall–Kier alpha value is -3.05. The molecule has 1 N–H and O–H groups in total. The van der Waals surface area contributed by atoms with E-state index in [1.807, 2.05) is 0 Å². The molecule has 0 unspecified atom stereocenters. The molecule has 1 aromatic carbocycles. The van der Waals surface area contributed by atoms with Crippen LogP contribution in [0.2, 0.25) is 0 Å². The summed E-state index contributed by atoms with van der Waals surface area (Å²) in [6.07, 6.45) is 7.22. The number of aliphatic hydroxyl groups excluding tert-OH is 1. The van der Waals surface area contributed by atoms with Crippen LogP contribution in [0, 0.1) is 11.6 Å². The number of aliphatic hydroxyl groups is 1. The Morgan fingerprint density at radius 2 is 1.65 bits per heavy atom. The predicted molar refractivity (Wildman–Crippen MR) is 135 cm³/mol. The van der Waals surface area contributed by atoms with Crippen LogP contribution in [0.3, 0.4) is 0 Å². The predicted octanol–water partition coefficient (Wildman–Crippen LogP) is 7.96. The van der Waals surface area contributed by atoms with Crippen LogP contribution < -0.4 is 0 Å². The minimum absolute atomic E-state index is 0.0607. The molecule has 1 aromatic rings. The lowest BCUT2D eigenvalue weighted by Crippen LogP contribution is -2.18. The second-order valence-electron chi connectivity index (χ2n) is 8.11. The van der Waals surface area contributed by atoms with Gasteiger partial charge in [-0.1, -0.05) is 56.2 Å². The van der Waals surface area contributed by atoms with Crippen LogP contribution >= 0.6 is 0 Å². The zero-order valence-corrected chi connectivity index (χ0v) is 20.0. The molecule has 1 fully saturated rings. The molecule has 0 bridgehead atoms. The number of halogens is 3. The molecule has 0 atom stereocenters. The molecule has 0 aromatic heterocycles. The van der Waals surface area contributed by atoms with Gasteiger partial charge in [0.1, 0.15) is 11.6 Å². The summed E-state index contributed by atoms with van der Waals surface area (Å²) in [5.41, 5.74) is 1.77. The number of rotatable bonds is 10. The van der Waals surface area contributed by atoms with Crippen molar-refractivity contribution in [2.45, 2.75) is 50.5 Å². The van der Waals surface area contributed by atoms with Crippen molar-refractivity contribution in [3.63, 3.8) is 0 Å². The van der Waals surface area contributed by atoms with Gasteiger partial charge in [-0.05, 0) is 61.1 Å². The molecular formula is C29H35F3O2. The first-order valence-electron chi connectivity index (χ1n) is 11.1. The number of allylic oxidation sites excluding steroid dienone is 7. The number of methoxy groups -OCH3 is 1. The number of hydrogen-bond acceptors (Lipinski definition) is 2.